The van der Waals surface area contributed by atoms with Gasteiger partial charge in [-0.2, -0.15) is 21.6 Å². The Morgan fingerprint density at radius 2 is 1.65 bits per heavy atom. The summed E-state index contributed by atoms with van der Waals surface area (Å²) in [4.78, 5) is 17.9. The highest BCUT2D eigenvalue weighted by molar-refractivity contribution is 7.81. The minimum Gasteiger partial charge on any atom is -0.366 e. The zero-order valence-electron chi connectivity index (χ0n) is 18.2. The molecule has 0 aromatic heterocycles. The summed E-state index contributed by atoms with van der Waals surface area (Å²) in [5.41, 5.74) is 1.03. The van der Waals surface area contributed by atoms with Crippen molar-refractivity contribution in [1.82, 2.24) is 4.90 Å². The Bertz CT molecular complexity index is 1160. The molecule has 0 unspecified atom stereocenters. The average Bonchev–Trinajstić information content (AvgIpc) is 2.77. The maximum Gasteiger partial charge on any atom is 0.446 e. The van der Waals surface area contributed by atoms with E-state index in [9.17, 15) is 26.4 Å². The molecule has 0 bridgehead atoms. The Balaban J connectivity index is 1.43. The first-order valence-corrected chi connectivity index (χ1v) is 12.1. The van der Waals surface area contributed by atoms with Crippen LogP contribution in [-0.4, -0.2) is 63.0 Å². The number of piperazine rings is 1. The van der Waals surface area contributed by atoms with Crippen LogP contribution in [0.4, 0.5) is 24.5 Å². The van der Waals surface area contributed by atoms with Crippen molar-refractivity contribution in [2.24, 2.45) is 0 Å². The topological polar surface area (TPSA) is 90.4 Å². The Hall–Kier alpha value is -2.83. The van der Waals surface area contributed by atoms with E-state index < -0.39 is 22.1 Å². The molecule has 1 N–H and O–H groups in total. The summed E-state index contributed by atoms with van der Waals surface area (Å²) in [7, 11) is -4.90. The molecule has 34 heavy (non-hydrogen) atoms. The quantitative estimate of drug-likeness (QED) is 0.611. The predicted octanol–water partition coefficient (Wildman–Crippen LogP) is 2.99. The molecule has 184 valence electrons. The van der Waals surface area contributed by atoms with Gasteiger partial charge in [0, 0.05) is 51.4 Å². The molecule has 2 aliphatic heterocycles. The Morgan fingerprint density at radius 3 is 2.32 bits per heavy atom. The Labute approximate surface area is 195 Å². The highest BCUT2D eigenvalue weighted by atomic mass is 32.3. The van der Waals surface area contributed by atoms with Gasteiger partial charge < -0.3 is 14.0 Å². The monoisotopic (exact) mass is 499 g/mol. The number of carbonyl (C=O) groups is 1. The van der Waals surface area contributed by atoms with Crippen molar-refractivity contribution in [3.05, 3.63) is 53.6 Å². The maximum atomic E-state index is 13.2. The van der Waals surface area contributed by atoms with Gasteiger partial charge in [-0.25, -0.2) is 0 Å². The van der Waals surface area contributed by atoms with Gasteiger partial charge in [0.1, 0.15) is 0 Å². The minimum absolute atomic E-state index is 0.0627. The number of para-hydroxylation sites is 1. The molecule has 8 nitrogen and oxygen atoms in total. The van der Waals surface area contributed by atoms with Gasteiger partial charge in [-0.05, 0) is 36.2 Å². The number of halogens is 3. The van der Waals surface area contributed by atoms with E-state index in [0.29, 0.717) is 51.8 Å². The van der Waals surface area contributed by atoms with E-state index >= 15 is 0 Å². The van der Waals surface area contributed by atoms with Gasteiger partial charge in [-0.15, -0.1) is 0 Å². The van der Waals surface area contributed by atoms with Crippen LogP contribution in [0.1, 0.15) is 17.5 Å². The first kappa shape index (κ1) is 24.3. The van der Waals surface area contributed by atoms with Crippen molar-refractivity contribution in [2.45, 2.75) is 19.0 Å². The van der Waals surface area contributed by atoms with E-state index in [1.807, 2.05) is 24.3 Å². The number of hydrogen-bond donors (Lipinski definition) is 1. The molecule has 2 heterocycles. The lowest BCUT2D eigenvalue weighted by Gasteiger charge is -2.38. The van der Waals surface area contributed by atoms with Crippen molar-refractivity contribution in [3.63, 3.8) is 0 Å². The normalized spacial score (nSPS) is 17.6. The van der Waals surface area contributed by atoms with Crippen LogP contribution < -0.4 is 14.0 Å². The molecule has 0 spiro atoms. The van der Waals surface area contributed by atoms with E-state index in [1.165, 1.54) is 0 Å². The molecular weight excluding hydrogens is 475 g/mol. The van der Waals surface area contributed by atoms with Crippen LogP contribution in [0.3, 0.4) is 0 Å². The summed E-state index contributed by atoms with van der Waals surface area (Å²) in [5.74, 6) is -0.312. The molecule has 12 heteroatoms. The highest BCUT2D eigenvalue weighted by Crippen LogP contribution is 2.37. The smallest absolute Gasteiger partial charge is 0.366 e. The number of carbonyl (C=O) groups excluding carboxylic acids is 1. The van der Waals surface area contributed by atoms with E-state index in [0.717, 1.165) is 29.8 Å². The predicted molar refractivity (Wildman–Crippen MR) is 119 cm³/mol. The second-order valence-corrected chi connectivity index (χ2v) is 9.22. The van der Waals surface area contributed by atoms with Crippen LogP contribution in [-0.2, 0) is 27.8 Å². The Morgan fingerprint density at radius 1 is 0.941 bits per heavy atom. The van der Waals surface area contributed by atoms with E-state index in [1.54, 1.807) is 9.80 Å². The molecule has 0 aliphatic carbocycles. The van der Waals surface area contributed by atoms with Gasteiger partial charge in [-0.1, -0.05) is 18.2 Å². The molecule has 4 rings (SSSR count). The molecule has 1 amide bonds. The molecule has 1 saturated heterocycles. The van der Waals surface area contributed by atoms with Crippen molar-refractivity contribution >= 4 is 27.7 Å². The lowest BCUT2D eigenvalue weighted by molar-refractivity contribution is -0.137. The molecule has 1 fully saturated rings. The molecule has 2 aliphatic rings. The summed E-state index contributed by atoms with van der Waals surface area (Å²) in [6, 6.07) is 10.2. The fraction of sp³-hybridized carbons (Fsp3) is 0.409. The van der Waals surface area contributed by atoms with Crippen LogP contribution in [0, 0.1) is 0 Å². The van der Waals surface area contributed by atoms with Crippen molar-refractivity contribution in [1.29, 1.82) is 0 Å². The fourth-order valence-electron chi connectivity index (χ4n) is 4.32. The van der Waals surface area contributed by atoms with Gasteiger partial charge in [0.25, 0.3) is 0 Å². The molecule has 2 aromatic rings. The van der Waals surface area contributed by atoms with Crippen molar-refractivity contribution in [2.75, 3.05) is 49.1 Å². The molecule has 0 saturated carbocycles. The first-order valence-electron chi connectivity index (χ1n) is 10.7. The van der Waals surface area contributed by atoms with Crippen LogP contribution in [0.25, 0.3) is 0 Å². The lowest BCUT2D eigenvalue weighted by Crippen LogP contribution is -2.49. The second kappa shape index (κ2) is 9.43. The molecule has 2 aromatic carbocycles. The molecule has 0 atom stereocenters. The van der Waals surface area contributed by atoms with Gasteiger partial charge in [0.05, 0.1) is 11.3 Å². The number of anilines is 2. The summed E-state index contributed by atoms with van der Waals surface area (Å²) < 4.78 is 75.5. The van der Waals surface area contributed by atoms with Crippen LogP contribution in [0.2, 0.25) is 0 Å². The van der Waals surface area contributed by atoms with Crippen molar-refractivity contribution in [3.8, 4) is 5.75 Å². The number of rotatable bonds is 6. The summed E-state index contributed by atoms with van der Waals surface area (Å²) >= 11 is 0. The number of nitrogens with zero attached hydrogens (tertiary/aromatic N) is 3. The highest BCUT2D eigenvalue weighted by Gasteiger charge is 2.33. The summed E-state index contributed by atoms with van der Waals surface area (Å²) in [5, 5.41) is 0. The van der Waals surface area contributed by atoms with Crippen LogP contribution in [0.5, 0.6) is 5.75 Å². The van der Waals surface area contributed by atoms with E-state index in [4.69, 9.17) is 4.55 Å². The first-order chi connectivity index (χ1) is 16.0. The number of amides is 1. The van der Waals surface area contributed by atoms with Gasteiger partial charge in [-0.3, -0.25) is 14.2 Å². The average molecular weight is 500 g/mol. The third kappa shape index (κ3) is 5.62. The second-order valence-electron chi connectivity index (χ2n) is 8.19. The van der Waals surface area contributed by atoms with Crippen LogP contribution >= 0.6 is 0 Å². The zero-order valence-corrected chi connectivity index (χ0v) is 19.0. The summed E-state index contributed by atoms with van der Waals surface area (Å²) in [6.45, 7) is 2.69. The van der Waals surface area contributed by atoms with Gasteiger partial charge in [0.2, 0.25) is 5.91 Å². The van der Waals surface area contributed by atoms with E-state index in [2.05, 4.69) is 9.08 Å². The number of fused-ring (bicyclic) bond motifs is 1. The summed E-state index contributed by atoms with van der Waals surface area (Å²) in [6.07, 6.45) is -3.45. The van der Waals surface area contributed by atoms with E-state index in [-0.39, 0.29) is 17.3 Å². The zero-order chi connectivity index (χ0) is 24.5. The lowest BCUT2D eigenvalue weighted by atomic mass is 10.0. The molecular formula is C22H24F3N3O5S. The van der Waals surface area contributed by atoms with Gasteiger partial charge >= 0.3 is 16.6 Å². The van der Waals surface area contributed by atoms with Crippen LogP contribution in [0.15, 0.2) is 42.5 Å². The SMILES string of the molecule is O=C1CCc2ccccc2N1CCN1CCN(c2cc(C(F)(F)F)ccc2OS(=O)(=O)O)CC1. The third-order valence-corrected chi connectivity index (χ3v) is 6.42. The maximum absolute atomic E-state index is 13.2. The molecule has 0 radical (unpaired) electrons. The standard InChI is InChI=1S/C22H24F3N3O5S/c23-22(24,25)17-6-7-20(33-34(30,31)32)19(15-17)27-12-9-26(10-13-27)11-14-28-18-4-2-1-3-16(18)5-8-21(28)29/h1-4,6-7,15H,5,8-14H2,(H,30,31,32). The minimum atomic E-state index is -4.90. The largest absolute Gasteiger partial charge is 0.446 e. The number of alkyl halides is 3. The van der Waals surface area contributed by atoms with Crippen molar-refractivity contribution < 1.29 is 35.1 Å². The number of benzene rings is 2. The Kier molecular flexibility index (Phi) is 6.74. The number of hydrogen-bond acceptors (Lipinski definition) is 6. The fourth-order valence-corrected chi connectivity index (χ4v) is 4.69. The third-order valence-electron chi connectivity index (χ3n) is 6.03. The van der Waals surface area contributed by atoms with Gasteiger partial charge in [0.15, 0.2) is 5.75 Å². The number of aryl methyl sites for hydroxylation is 1.